The van der Waals surface area contributed by atoms with Crippen molar-refractivity contribution in [3.05, 3.63) is 63.8 Å². The van der Waals surface area contributed by atoms with Gasteiger partial charge in [-0.05, 0) is 35.9 Å². The van der Waals surface area contributed by atoms with Crippen molar-refractivity contribution in [2.75, 3.05) is 0 Å². The maximum atomic E-state index is 12.7. The maximum Gasteiger partial charge on any atom is 0.171 e. The number of carbonyl (C=O) groups excluding carboxylic acids is 1. The van der Waals surface area contributed by atoms with Crippen LogP contribution in [0.5, 0.6) is 5.75 Å². The SMILES string of the molecule is CCc1oc2ccc(Br)cc2c1C(=O)Cc1ccc(O)cc1. The number of hydrogen-bond acceptors (Lipinski definition) is 3. The zero-order chi connectivity index (χ0) is 15.7. The lowest BCUT2D eigenvalue weighted by molar-refractivity contribution is 0.0992. The molecule has 0 unspecified atom stereocenters. The number of benzene rings is 2. The molecular weight excluding hydrogens is 344 g/mol. The molecular formula is C18H15BrO3. The standard InChI is InChI=1S/C18H15BrO3/c1-2-16-18(14-10-12(19)5-8-17(14)22-16)15(21)9-11-3-6-13(20)7-4-11/h3-8,10,20H,2,9H2,1H3. The Balaban J connectivity index is 2.02. The van der Waals surface area contributed by atoms with Gasteiger partial charge in [0, 0.05) is 22.7 Å². The van der Waals surface area contributed by atoms with Gasteiger partial charge in [0.25, 0.3) is 0 Å². The van der Waals surface area contributed by atoms with Crippen LogP contribution in [-0.4, -0.2) is 10.9 Å². The fourth-order valence-electron chi connectivity index (χ4n) is 2.56. The zero-order valence-electron chi connectivity index (χ0n) is 12.1. The summed E-state index contributed by atoms with van der Waals surface area (Å²) < 4.78 is 6.72. The second kappa shape index (κ2) is 5.97. The summed E-state index contributed by atoms with van der Waals surface area (Å²) in [5.74, 6) is 0.944. The number of phenols is 1. The maximum absolute atomic E-state index is 12.7. The Bertz CT molecular complexity index is 831. The van der Waals surface area contributed by atoms with E-state index in [2.05, 4.69) is 15.9 Å². The first-order chi connectivity index (χ1) is 10.6. The van der Waals surface area contributed by atoms with Crippen LogP contribution in [0.3, 0.4) is 0 Å². The second-order valence-corrected chi connectivity index (χ2v) is 6.08. The molecule has 112 valence electrons. The van der Waals surface area contributed by atoms with E-state index in [4.69, 9.17) is 4.42 Å². The lowest BCUT2D eigenvalue weighted by Gasteiger charge is -2.03. The van der Waals surface area contributed by atoms with Gasteiger partial charge in [-0.15, -0.1) is 0 Å². The Labute approximate surface area is 136 Å². The third kappa shape index (κ3) is 2.79. The monoisotopic (exact) mass is 358 g/mol. The third-order valence-corrected chi connectivity index (χ3v) is 4.12. The predicted octanol–water partition coefficient (Wildman–Crippen LogP) is 4.89. The Morgan fingerprint density at radius 2 is 1.91 bits per heavy atom. The van der Waals surface area contributed by atoms with E-state index >= 15 is 0 Å². The van der Waals surface area contributed by atoms with Crippen LogP contribution < -0.4 is 0 Å². The number of fused-ring (bicyclic) bond motifs is 1. The average molecular weight is 359 g/mol. The molecule has 22 heavy (non-hydrogen) atoms. The second-order valence-electron chi connectivity index (χ2n) is 5.16. The molecule has 0 aliphatic heterocycles. The summed E-state index contributed by atoms with van der Waals surface area (Å²) in [7, 11) is 0. The van der Waals surface area contributed by atoms with Crippen LogP contribution in [0.1, 0.15) is 28.6 Å². The number of aryl methyl sites for hydroxylation is 1. The van der Waals surface area contributed by atoms with Crippen molar-refractivity contribution in [2.24, 2.45) is 0 Å². The van der Waals surface area contributed by atoms with E-state index < -0.39 is 0 Å². The molecule has 1 heterocycles. The number of ketones is 1. The Kier molecular flexibility index (Phi) is 4.03. The van der Waals surface area contributed by atoms with E-state index in [0.29, 0.717) is 12.0 Å². The van der Waals surface area contributed by atoms with Crippen LogP contribution in [-0.2, 0) is 12.8 Å². The van der Waals surface area contributed by atoms with Gasteiger partial charge in [-0.2, -0.15) is 0 Å². The smallest absolute Gasteiger partial charge is 0.171 e. The number of aromatic hydroxyl groups is 1. The summed E-state index contributed by atoms with van der Waals surface area (Å²) >= 11 is 3.44. The summed E-state index contributed by atoms with van der Waals surface area (Å²) in [5.41, 5.74) is 2.26. The van der Waals surface area contributed by atoms with Gasteiger partial charge in [-0.1, -0.05) is 35.0 Å². The number of carbonyl (C=O) groups is 1. The summed E-state index contributed by atoms with van der Waals surface area (Å²) in [6.45, 7) is 1.98. The van der Waals surface area contributed by atoms with Crippen molar-refractivity contribution in [1.29, 1.82) is 0 Å². The number of furan rings is 1. The molecule has 3 nitrogen and oxygen atoms in total. The van der Waals surface area contributed by atoms with E-state index in [1.165, 1.54) is 0 Å². The molecule has 0 fully saturated rings. The lowest BCUT2D eigenvalue weighted by Crippen LogP contribution is -2.05. The van der Waals surface area contributed by atoms with Crippen molar-refractivity contribution in [1.82, 2.24) is 0 Å². The van der Waals surface area contributed by atoms with Crippen LogP contribution in [0, 0.1) is 0 Å². The van der Waals surface area contributed by atoms with Gasteiger partial charge in [0.2, 0.25) is 0 Å². The minimum absolute atomic E-state index is 0.0272. The molecule has 0 aliphatic rings. The number of halogens is 1. The zero-order valence-corrected chi connectivity index (χ0v) is 13.7. The molecule has 0 saturated heterocycles. The van der Waals surface area contributed by atoms with Gasteiger partial charge in [-0.25, -0.2) is 0 Å². The minimum Gasteiger partial charge on any atom is -0.508 e. The highest BCUT2D eigenvalue weighted by Crippen LogP contribution is 2.30. The van der Waals surface area contributed by atoms with Gasteiger partial charge in [0.05, 0.1) is 5.56 Å². The summed E-state index contributed by atoms with van der Waals surface area (Å²) in [4.78, 5) is 12.7. The fourth-order valence-corrected chi connectivity index (χ4v) is 2.92. The molecule has 3 aromatic rings. The quantitative estimate of drug-likeness (QED) is 0.675. The highest BCUT2D eigenvalue weighted by molar-refractivity contribution is 9.10. The van der Waals surface area contributed by atoms with Crippen LogP contribution in [0.4, 0.5) is 0 Å². The molecule has 0 radical (unpaired) electrons. The highest BCUT2D eigenvalue weighted by atomic mass is 79.9. The summed E-state index contributed by atoms with van der Waals surface area (Å²) in [6.07, 6.45) is 0.956. The van der Waals surface area contributed by atoms with Gasteiger partial charge < -0.3 is 9.52 Å². The van der Waals surface area contributed by atoms with Crippen molar-refractivity contribution in [3.8, 4) is 5.75 Å². The number of hydrogen-bond donors (Lipinski definition) is 1. The van der Waals surface area contributed by atoms with Crippen LogP contribution in [0.25, 0.3) is 11.0 Å². The van der Waals surface area contributed by atoms with Crippen molar-refractivity contribution < 1.29 is 14.3 Å². The highest BCUT2D eigenvalue weighted by Gasteiger charge is 2.20. The third-order valence-electron chi connectivity index (χ3n) is 3.62. The van der Waals surface area contributed by atoms with Gasteiger partial charge >= 0.3 is 0 Å². The lowest BCUT2D eigenvalue weighted by atomic mass is 9.99. The summed E-state index contributed by atoms with van der Waals surface area (Å²) in [6, 6.07) is 12.4. The molecule has 0 saturated carbocycles. The molecule has 3 rings (SSSR count). The molecule has 0 aliphatic carbocycles. The van der Waals surface area contributed by atoms with E-state index in [9.17, 15) is 9.90 Å². The molecule has 0 spiro atoms. The fraction of sp³-hybridized carbons (Fsp3) is 0.167. The molecule has 0 atom stereocenters. The first kappa shape index (κ1) is 14.9. The van der Waals surface area contributed by atoms with E-state index in [0.717, 1.165) is 26.8 Å². The first-order valence-electron chi connectivity index (χ1n) is 7.10. The van der Waals surface area contributed by atoms with Gasteiger partial charge in [0.15, 0.2) is 5.78 Å². The van der Waals surface area contributed by atoms with Crippen LogP contribution in [0.2, 0.25) is 0 Å². The van der Waals surface area contributed by atoms with Crippen LogP contribution in [0.15, 0.2) is 51.4 Å². The number of rotatable bonds is 4. The normalized spacial score (nSPS) is 11.0. The van der Waals surface area contributed by atoms with E-state index in [-0.39, 0.29) is 18.0 Å². The molecule has 2 aromatic carbocycles. The number of phenolic OH excluding ortho intramolecular Hbond substituents is 1. The molecule has 0 amide bonds. The summed E-state index contributed by atoms with van der Waals surface area (Å²) in [5, 5.41) is 10.2. The number of Topliss-reactive ketones (excluding diaryl/α,β-unsaturated/α-hetero) is 1. The van der Waals surface area contributed by atoms with E-state index in [1.807, 2.05) is 25.1 Å². The van der Waals surface area contributed by atoms with Gasteiger partial charge in [0.1, 0.15) is 17.1 Å². The molecule has 4 heteroatoms. The molecule has 1 N–H and O–H groups in total. The Morgan fingerprint density at radius 1 is 1.18 bits per heavy atom. The van der Waals surface area contributed by atoms with Crippen LogP contribution >= 0.6 is 15.9 Å². The Morgan fingerprint density at radius 3 is 2.59 bits per heavy atom. The Hall–Kier alpha value is -2.07. The van der Waals surface area contributed by atoms with Gasteiger partial charge in [-0.3, -0.25) is 4.79 Å². The average Bonchev–Trinajstić information content (AvgIpc) is 2.87. The largest absolute Gasteiger partial charge is 0.508 e. The van der Waals surface area contributed by atoms with E-state index in [1.54, 1.807) is 24.3 Å². The molecule has 0 bridgehead atoms. The van der Waals surface area contributed by atoms with Crippen molar-refractivity contribution in [2.45, 2.75) is 19.8 Å². The molecule has 1 aromatic heterocycles. The minimum atomic E-state index is 0.0272. The predicted molar refractivity (Wildman–Crippen MR) is 89.4 cm³/mol. The topological polar surface area (TPSA) is 50.4 Å². The first-order valence-corrected chi connectivity index (χ1v) is 7.90. The van der Waals surface area contributed by atoms with Crippen molar-refractivity contribution >= 4 is 32.7 Å². The van der Waals surface area contributed by atoms with Crippen molar-refractivity contribution in [3.63, 3.8) is 0 Å².